The molecule has 2 aromatic carbocycles. The van der Waals surface area contributed by atoms with Crippen LogP contribution in [0.4, 0.5) is 9.59 Å². The molecule has 0 aliphatic carbocycles. The number of carbonyl (C=O) groups excluding carboxylic acids is 3. The Morgan fingerprint density at radius 1 is 0.795 bits per heavy atom. The number of nitrogens with zero attached hydrogens (tertiary/aromatic N) is 2. The van der Waals surface area contributed by atoms with Crippen molar-refractivity contribution in [2.45, 2.75) is 97.7 Å². The van der Waals surface area contributed by atoms with E-state index in [1.165, 1.54) is 0 Å². The second kappa shape index (κ2) is 13.8. The van der Waals surface area contributed by atoms with Gasteiger partial charge in [-0.2, -0.15) is 0 Å². The monoisotopic (exact) mass is 610 g/mol. The fraction of sp³-hybridized carbons (Fsp3) is 0.559. The molecule has 10 heteroatoms. The van der Waals surface area contributed by atoms with Gasteiger partial charge in [-0.25, -0.2) is 14.4 Å². The molecule has 0 N–H and O–H groups in total. The number of carbonyl (C=O) groups is 3. The number of hydrogen-bond acceptors (Lipinski definition) is 8. The van der Waals surface area contributed by atoms with E-state index in [2.05, 4.69) is 0 Å². The zero-order valence-electron chi connectivity index (χ0n) is 27.0. The summed E-state index contributed by atoms with van der Waals surface area (Å²) >= 11 is 0. The van der Waals surface area contributed by atoms with E-state index in [1.807, 2.05) is 71.9 Å². The van der Waals surface area contributed by atoms with Crippen molar-refractivity contribution < 1.29 is 38.1 Å². The standard InChI is InChI=1S/C34H46N2O8/c1-8-40-30(37)29(42-28-14-9-23-15-18-36(22-25(23)21-28)32(39)44-34(5,6)7)24-10-12-26(13-11-24)41-27-16-19-35(20-17-27)31(38)43-33(2,3)4/h9-14,21,27,29H,8,15-20,22H2,1-7H3. The molecule has 1 fully saturated rings. The van der Waals surface area contributed by atoms with Gasteiger partial charge in [0, 0.05) is 44.6 Å². The molecule has 44 heavy (non-hydrogen) atoms. The predicted octanol–water partition coefficient (Wildman–Crippen LogP) is 6.44. The SMILES string of the molecule is CCOC(=O)C(Oc1ccc2c(c1)CN(C(=O)OC(C)(C)C)CC2)c1ccc(OC2CCN(C(=O)OC(C)(C)C)CC2)cc1. The number of piperidine rings is 1. The van der Waals surface area contributed by atoms with Crippen molar-refractivity contribution in [3.8, 4) is 11.5 Å². The highest BCUT2D eigenvalue weighted by Gasteiger charge is 2.30. The van der Waals surface area contributed by atoms with Crippen molar-refractivity contribution >= 4 is 18.2 Å². The van der Waals surface area contributed by atoms with E-state index in [1.54, 1.807) is 28.9 Å². The Morgan fingerprint density at radius 2 is 1.39 bits per heavy atom. The lowest BCUT2D eigenvalue weighted by Crippen LogP contribution is -2.44. The minimum absolute atomic E-state index is 0.0348. The number of likely N-dealkylation sites (tertiary alicyclic amines) is 1. The molecule has 1 unspecified atom stereocenters. The molecule has 2 amide bonds. The lowest BCUT2D eigenvalue weighted by molar-refractivity contribution is -0.151. The molecule has 2 heterocycles. The van der Waals surface area contributed by atoms with Crippen LogP contribution in [0.1, 0.15) is 84.1 Å². The maximum absolute atomic E-state index is 13.0. The molecule has 0 radical (unpaired) electrons. The van der Waals surface area contributed by atoms with Crippen LogP contribution >= 0.6 is 0 Å². The van der Waals surface area contributed by atoms with Crippen molar-refractivity contribution in [2.24, 2.45) is 0 Å². The van der Waals surface area contributed by atoms with Crippen LogP contribution in [-0.4, -0.2) is 71.5 Å². The largest absolute Gasteiger partial charge is 0.490 e. The molecule has 0 bridgehead atoms. The van der Waals surface area contributed by atoms with Gasteiger partial charge in [0.15, 0.2) is 0 Å². The van der Waals surface area contributed by atoms with Crippen molar-refractivity contribution in [3.05, 3.63) is 59.2 Å². The normalized spacial score (nSPS) is 16.4. The van der Waals surface area contributed by atoms with E-state index in [4.69, 9.17) is 23.7 Å². The van der Waals surface area contributed by atoms with Gasteiger partial charge in [0.1, 0.15) is 28.8 Å². The summed E-state index contributed by atoms with van der Waals surface area (Å²) in [6.07, 6.45) is 0.423. The first kappa shape index (κ1) is 33.0. The summed E-state index contributed by atoms with van der Waals surface area (Å²) in [4.78, 5) is 41.4. The number of hydrogen-bond donors (Lipinski definition) is 0. The Kier molecular flexibility index (Phi) is 10.3. The van der Waals surface area contributed by atoms with Gasteiger partial charge >= 0.3 is 18.2 Å². The molecule has 240 valence electrons. The molecule has 2 aromatic rings. The lowest BCUT2D eigenvalue weighted by atomic mass is 9.99. The highest BCUT2D eigenvalue weighted by molar-refractivity contribution is 5.77. The van der Waals surface area contributed by atoms with Crippen LogP contribution < -0.4 is 9.47 Å². The van der Waals surface area contributed by atoms with Gasteiger partial charge in [-0.05, 0) is 90.3 Å². The summed E-state index contributed by atoms with van der Waals surface area (Å²) in [6.45, 7) is 15.2. The number of ether oxygens (including phenoxy) is 5. The maximum atomic E-state index is 13.0. The fourth-order valence-corrected chi connectivity index (χ4v) is 5.09. The van der Waals surface area contributed by atoms with Crippen molar-refractivity contribution in [3.63, 3.8) is 0 Å². The third-order valence-corrected chi connectivity index (χ3v) is 7.18. The molecule has 2 aliphatic heterocycles. The van der Waals surface area contributed by atoms with Crippen LogP contribution in [0.3, 0.4) is 0 Å². The Balaban J connectivity index is 1.40. The van der Waals surface area contributed by atoms with Crippen LogP contribution in [0.25, 0.3) is 0 Å². The Labute approximate surface area is 260 Å². The van der Waals surface area contributed by atoms with Crippen molar-refractivity contribution in [2.75, 3.05) is 26.2 Å². The Morgan fingerprint density at radius 3 is 1.98 bits per heavy atom. The number of fused-ring (bicyclic) bond motifs is 1. The van der Waals surface area contributed by atoms with Crippen LogP contribution in [0.5, 0.6) is 11.5 Å². The van der Waals surface area contributed by atoms with E-state index in [0.717, 1.165) is 11.1 Å². The molecule has 2 aliphatic rings. The summed E-state index contributed by atoms with van der Waals surface area (Å²) < 4.78 is 28.8. The zero-order valence-corrected chi connectivity index (χ0v) is 27.0. The summed E-state index contributed by atoms with van der Waals surface area (Å²) in [5.74, 6) is 0.678. The minimum atomic E-state index is -0.982. The lowest BCUT2D eigenvalue weighted by Gasteiger charge is -2.33. The first-order valence-corrected chi connectivity index (χ1v) is 15.4. The van der Waals surface area contributed by atoms with Gasteiger partial charge in [-0.1, -0.05) is 18.2 Å². The smallest absolute Gasteiger partial charge is 0.410 e. The summed E-state index contributed by atoms with van der Waals surface area (Å²) in [6, 6.07) is 12.9. The van der Waals surface area contributed by atoms with Gasteiger partial charge in [0.2, 0.25) is 6.10 Å². The first-order valence-electron chi connectivity index (χ1n) is 15.4. The van der Waals surface area contributed by atoms with Crippen LogP contribution in [0.15, 0.2) is 42.5 Å². The van der Waals surface area contributed by atoms with E-state index in [-0.39, 0.29) is 24.9 Å². The van der Waals surface area contributed by atoms with E-state index >= 15 is 0 Å². The molecular formula is C34H46N2O8. The molecule has 10 nitrogen and oxygen atoms in total. The van der Waals surface area contributed by atoms with E-state index in [9.17, 15) is 14.4 Å². The fourth-order valence-electron chi connectivity index (χ4n) is 5.09. The molecule has 1 atom stereocenters. The topological polar surface area (TPSA) is 104 Å². The van der Waals surface area contributed by atoms with Crippen molar-refractivity contribution in [1.29, 1.82) is 0 Å². The Bertz CT molecular complexity index is 1300. The minimum Gasteiger partial charge on any atom is -0.490 e. The summed E-state index contributed by atoms with van der Waals surface area (Å²) in [7, 11) is 0. The highest BCUT2D eigenvalue weighted by Crippen LogP contribution is 2.30. The van der Waals surface area contributed by atoms with Gasteiger partial charge < -0.3 is 33.5 Å². The average molecular weight is 611 g/mol. The predicted molar refractivity (Wildman–Crippen MR) is 165 cm³/mol. The maximum Gasteiger partial charge on any atom is 0.410 e. The van der Waals surface area contributed by atoms with Crippen LogP contribution in [0.2, 0.25) is 0 Å². The Hall–Kier alpha value is -3.95. The third-order valence-electron chi connectivity index (χ3n) is 7.18. The number of amides is 2. The number of benzene rings is 2. The molecule has 0 saturated carbocycles. The quantitative estimate of drug-likeness (QED) is 0.261. The van der Waals surface area contributed by atoms with Gasteiger partial charge in [0.05, 0.1) is 6.61 Å². The van der Waals surface area contributed by atoms with Crippen molar-refractivity contribution in [1.82, 2.24) is 9.80 Å². The van der Waals surface area contributed by atoms with E-state index in [0.29, 0.717) is 62.5 Å². The number of esters is 1. The molecule has 1 saturated heterocycles. The van der Waals surface area contributed by atoms with Gasteiger partial charge in [-0.15, -0.1) is 0 Å². The van der Waals surface area contributed by atoms with Gasteiger partial charge in [0.25, 0.3) is 0 Å². The number of rotatable bonds is 7. The van der Waals surface area contributed by atoms with Crippen LogP contribution in [-0.2, 0) is 32.0 Å². The highest BCUT2D eigenvalue weighted by atomic mass is 16.6. The molecule has 0 spiro atoms. The molecular weight excluding hydrogens is 564 g/mol. The van der Waals surface area contributed by atoms with Gasteiger partial charge in [-0.3, -0.25) is 0 Å². The first-order chi connectivity index (χ1) is 20.7. The summed E-state index contributed by atoms with van der Waals surface area (Å²) in [5, 5.41) is 0. The second-order valence-corrected chi connectivity index (χ2v) is 13.2. The third kappa shape index (κ3) is 9.27. The molecule has 4 rings (SSSR count). The van der Waals surface area contributed by atoms with Crippen LogP contribution in [0, 0.1) is 0 Å². The average Bonchev–Trinajstić information content (AvgIpc) is 2.94. The second-order valence-electron chi connectivity index (χ2n) is 13.2. The molecule has 0 aromatic heterocycles. The zero-order chi connectivity index (χ0) is 32.1. The van der Waals surface area contributed by atoms with E-state index < -0.39 is 23.3 Å². The summed E-state index contributed by atoms with van der Waals surface area (Å²) in [5.41, 5.74) is 1.60.